The first kappa shape index (κ1) is 24.1. The van der Waals surface area contributed by atoms with Gasteiger partial charge >= 0.3 is 0 Å². The van der Waals surface area contributed by atoms with Crippen LogP contribution in [0.2, 0.25) is 0 Å². The molecule has 1 aliphatic heterocycles. The zero-order valence-electron chi connectivity index (χ0n) is 21.0. The molecule has 1 saturated heterocycles. The number of pyridine rings is 3. The van der Waals surface area contributed by atoms with Gasteiger partial charge in [-0.3, -0.25) is 4.98 Å². The van der Waals surface area contributed by atoms with Crippen molar-refractivity contribution in [2.75, 3.05) is 32.1 Å². The van der Waals surface area contributed by atoms with Crippen molar-refractivity contribution in [2.45, 2.75) is 32.6 Å². The smallest absolute Gasteiger partial charge is 0.213 e. The number of hydrogen-bond acceptors (Lipinski definition) is 6. The largest absolute Gasteiger partial charge is 0.481 e. The third kappa shape index (κ3) is 5.16. The average molecular weight is 486 g/mol. The fraction of sp³-hybridized carbons (Fsp3) is 0.345. The summed E-state index contributed by atoms with van der Waals surface area (Å²) in [6.07, 6.45) is 5.85. The zero-order valence-corrected chi connectivity index (χ0v) is 21.0. The van der Waals surface area contributed by atoms with Gasteiger partial charge in [-0.2, -0.15) is 0 Å². The Balaban J connectivity index is 1.34. The predicted molar refractivity (Wildman–Crippen MR) is 142 cm³/mol. The highest BCUT2D eigenvalue weighted by molar-refractivity contribution is 5.81. The van der Waals surface area contributed by atoms with Crippen LogP contribution in [-0.4, -0.2) is 46.6 Å². The van der Waals surface area contributed by atoms with Crippen LogP contribution in [0, 0.1) is 11.7 Å². The Hall–Kier alpha value is -3.58. The number of methoxy groups -OCH3 is 1. The lowest BCUT2D eigenvalue weighted by Gasteiger charge is -2.34. The van der Waals surface area contributed by atoms with Gasteiger partial charge in [-0.05, 0) is 79.9 Å². The van der Waals surface area contributed by atoms with Crippen LogP contribution in [0.25, 0.3) is 22.0 Å². The van der Waals surface area contributed by atoms with Gasteiger partial charge in [-0.15, -0.1) is 0 Å². The molecule has 0 saturated carbocycles. The quantitative estimate of drug-likeness (QED) is 0.326. The first-order valence-electron chi connectivity index (χ1n) is 12.6. The van der Waals surface area contributed by atoms with E-state index < -0.39 is 0 Å². The molecule has 0 spiro atoms. The molecule has 1 N–H and O–H groups in total. The van der Waals surface area contributed by atoms with Crippen LogP contribution in [0.1, 0.15) is 38.3 Å². The number of aromatic nitrogens is 3. The van der Waals surface area contributed by atoms with Crippen molar-refractivity contribution in [1.29, 1.82) is 0 Å². The molecule has 0 amide bonds. The van der Waals surface area contributed by atoms with E-state index in [0.29, 0.717) is 29.2 Å². The Morgan fingerprint density at radius 3 is 2.61 bits per heavy atom. The number of fused-ring (bicyclic) bond motifs is 1. The molecule has 1 atom stereocenters. The summed E-state index contributed by atoms with van der Waals surface area (Å²) in [6.45, 7) is 7.97. The molecule has 0 radical (unpaired) electrons. The minimum Gasteiger partial charge on any atom is -0.481 e. The van der Waals surface area contributed by atoms with Crippen LogP contribution in [0.4, 0.5) is 15.9 Å². The Labute approximate surface area is 211 Å². The molecule has 1 aromatic carbocycles. The number of benzene rings is 1. The Bertz CT molecular complexity index is 1350. The van der Waals surface area contributed by atoms with Gasteiger partial charge in [0.05, 0.1) is 18.3 Å². The van der Waals surface area contributed by atoms with E-state index in [1.807, 2.05) is 18.2 Å². The minimum absolute atomic E-state index is 0.360. The van der Waals surface area contributed by atoms with E-state index in [9.17, 15) is 4.39 Å². The zero-order chi connectivity index (χ0) is 25.1. The second-order valence-corrected chi connectivity index (χ2v) is 9.47. The molecule has 186 valence electrons. The van der Waals surface area contributed by atoms with Gasteiger partial charge in [0.2, 0.25) is 5.88 Å². The second kappa shape index (κ2) is 10.6. The van der Waals surface area contributed by atoms with Crippen molar-refractivity contribution in [2.24, 2.45) is 5.92 Å². The van der Waals surface area contributed by atoms with Crippen LogP contribution in [0.15, 0.2) is 60.9 Å². The highest BCUT2D eigenvalue weighted by atomic mass is 19.1. The number of ether oxygens (including phenoxy) is 1. The van der Waals surface area contributed by atoms with E-state index in [1.165, 1.54) is 18.9 Å². The van der Waals surface area contributed by atoms with Gasteiger partial charge in [-0.1, -0.05) is 19.9 Å². The topological polar surface area (TPSA) is 63.2 Å². The number of rotatable bonds is 7. The van der Waals surface area contributed by atoms with Crippen LogP contribution in [0.3, 0.4) is 0 Å². The lowest BCUT2D eigenvalue weighted by Crippen LogP contribution is -2.35. The molecule has 1 unspecified atom stereocenters. The van der Waals surface area contributed by atoms with Gasteiger partial charge < -0.3 is 15.0 Å². The number of anilines is 2. The normalized spacial score (nSPS) is 15.7. The third-order valence-corrected chi connectivity index (χ3v) is 7.36. The molecular weight excluding hydrogens is 453 g/mol. The van der Waals surface area contributed by atoms with Crippen molar-refractivity contribution < 1.29 is 9.13 Å². The molecule has 4 aromatic rings. The van der Waals surface area contributed by atoms with Crippen LogP contribution >= 0.6 is 0 Å². The number of halogens is 1. The fourth-order valence-electron chi connectivity index (χ4n) is 5.00. The molecule has 5 rings (SSSR count). The van der Waals surface area contributed by atoms with Gasteiger partial charge in [0.25, 0.3) is 0 Å². The molecule has 36 heavy (non-hydrogen) atoms. The molecule has 7 heteroatoms. The van der Waals surface area contributed by atoms with Crippen LogP contribution in [-0.2, 0) is 0 Å². The lowest BCUT2D eigenvalue weighted by molar-refractivity contribution is 0.178. The number of nitrogens with one attached hydrogen (secondary N) is 1. The van der Waals surface area contributed by atoms with Crippen LogP contribution in [0.5, 0.6) is 5.88 Å². The third-order valence-electron chi connectivity index (χ3n) is 7.36. The average Bonchev–Trinajstić information content (AvgIpc) is 2.93. The highest BCUT2D eigenvalue weighted by Crippen LogP contribution is 2.33. The SMILES string of the molecule is CCN1CCC(C(C)c2ccc3cnc(Nc4ccc(-c5ccnc(OC)c5)cc4F)cc3n2)CC1. The van der Waals surface area contributed by atoms with E-state index in [4.69, 9.17) is 9.72 Å². The summed E-state index contributed by atoms with van der Waals surface area (Å²) in [5.74, 6) is 1.73. The van der Waals surface area contributed by atoms with Gasteiger partial charge in [-0.25, -0.2) is 14.4 Å². The molecule has 1 aliphatic rings. The summed E-state index contributed by atoms with van der Waals surface area (Å²) < 4.78 is 20.2. The maximum absolute atomic E-state index is 15.0. The Morgan fingerprint density at radius 1 is 1.06 bits per heavy atom. The molecule has 0 aliphatic carbocycles. The monoisotopic (exact) mass is 485 g/mol. The number of likely N-dealkylation sites (tertiary alicyclic amines) is 1. The van der Waals surface area contributed by atoms with E-state index in [1.54, 1.807) is 31.6 Å². The van der Waals surface area contributed by atoms with Crippen molar-refractivity contribution in [3.05, 3.63) is 72.4 Å². The molecule has 6 nitrogen and oxygen atoms in total. The van der Waals surface area contributed by atoms with Crippen molar-refractivity contribution in [1.82, 2.24) is 19.9 Å². The molecule has 4 heterocycles. The molecule has 0 bridgehead atoms. The van der Waals surface area contributed by atoms with E-state index in [0.717, 1.165) is 47.4 Å². The summed E-state index contributed by atoms with van der Waals surface area (Å²) in [5, 5.41) is 4.09. The first-order valence-corrected chi connectivity index (χ1v) is 12.6. The Morgan fingerprint density at radius 2 is 1.86 bits per heavy atom. The van der Waals surface area contributed by atoms with Crippen molar-refractivity contribution in [3.8, 4) is 17.0 Å². The maximum Gasteiger partial charge on any atom is 0.213 e. The number of nitrogens with zero attached hydrogens (tertiary/aromatic N) is 4. The van der Waals surface area contributed by atoms with Crippen molar-refractivity contribution >= 4 is 22.4 Å². The Kier molecular flexibility index (Phi) is 7.09. The van der Waals surface area contributed by atoms with Gasteiger partial charge in [0, 0.05) is 41.5 Å². The summed E-state index contributed by atoms with van der Waals surface area (Å²) in [4.78, 5) is 16.1. The van der Waals surface area contributed by atoms with Crippen molar-refractivity contribution in [3.63, 3.8) is 0 Å². The summed E-state index contributed by atoms with van der Waals surface area (Å²) >= 11 is 0. The maximum atomic E-state index is 15.0. The number of piperidine rings is 1. The molecule has 1 fully saturated rings. The minimum atomic E-state index is -0.362. The summed E-state index contributed by atoms with van der Waals surface area (Å²) in [7, 11) is 1.56. The first-order chi connectivity index (χ1) is 17.5. The predicted octanol–water partition coefficient (Wildman–Crippen LogP) is 6.42. The summed E-state index contributed by atoms with van der Waals surface area (Å²) in [5.41, 5.74) is 3.91. The lowest BCUT2D eigenvalue weighted by atomic mass is 9.83. The van der Waals surface area contributed by atoms with Gasteiger partial charge in [0.15, 0.2) is 0 Å². The van der Waals surface area contributed by atoms with E-state index in [2.05, 4.69) is 46.2 Å². The van der Waals surface area contributed by atoms with Crippen LogP contribution < -0.4 is 10.1 Å². The second-order valence-electron chi connectivity index (χ2n) is 9.47. The van der Waals surface area contributed by atoms with Gasteiger partial charge in [0.1, 0.15) is 11.6 Å². The van der Waals surface area contributed by atoms with E-state index >= 15 is 0 Å². The molecule has 3 aromatic heterocycles. The molecular formula is C29H32FN5O. The number of hydrogen-bond donors (Lipinski definition) is 1. The fourth-order valence-corrected chi connectivity index (χ4v) is 5.00. The highest BCUT2D eigenvalue weighted by Gasteiger charge is 2.25. The summed E-state index contributed by atoms with van der Waals surface area (Å²) in [6, 6.07) is 14.8. The van der Waals surface area contributed by atoms with E-state index in [-0.39, 0.29) is 5.82 Å². The standard InChI is InChI=1S/C29H32FN5O/c1-4-35-13-10-20(11-14-35)19(2)25-7-6-23-18-32-28(17-27(23)33-25)34-26-8-5-21(15-24(26)30)22-9-12-31-29(16-22)36-3/h5-9,12,15-20H,4,10-11,13-14H2,1-3H3,(H,32,34).